The van der Waals surface area contributed by atoms with Gasteiger partial charge in [0.15, 0.2) is 6.54 Å². The van der Waals surface area contributed by atoms with Crippen LogP contribution in [0.1, 0.15) is 18.1 Å². The molecule has 2 rings (SSSR count). The van der Waals surface area contributed by atoms with E-state index in [0.29, 0.717) is 22.3 Å². The summed E-state index contributed by atoms with van der Waals surface area (Å²) >= 11 is 12.4. The average Bonchev–Trinajstić information content (AvgIpc) is 2.62. The number of carbonyl (C=O) groups excluding carboxylic acids is 1. The van der Waals surface area contributed by atoms with E-state index in [1.165, 1.54) is 10.5 Å². The van der Waals surface area contributed by atoms with Crippen molar-refractivity contribution in [3.63, 3.8) is 0 Å². The van der Waals surface area contributed by atoms with Crippen LogP contribution in [0.25, 0.3) is 0 Å². The van der Waals surface area contributed by atoms with Crippen molar-refractivity contribution >= 4 is 40.5 Å². The van der Waals surface area contributed by atoms with Gasteiger partial charge >= 0.3 is 0 Å². The molecule has 0 bridgehead atoms. The lowest BCUT2D eigenvalue weighted by atomic mass is 10.2. The molecule has 1 unspecified atom stereocenters. The third kappa shape index (κ3) is 5.37. The van der Waals surface area contributed by atoms with E-state index in [1.807, 2.05) is 27.1 Å². The van der Waals surface area contributed by atoms with Gasteiger partial charge in [-0.3, -0.25) is 4.79 Å². The number of quaternary nitrogens is 1. The summed E-state index contributed by atoms with van der Waals surface area (Å²) in [6, 6.07) is 12.0. The number of hydrogen-bond donors (Lipinski definition) is 2. The lowest BCUT2D eigenvalue weighted by Gasteiger charge is -2.19. The van der Waals surface area contributed by atoms with Crippen molar-refractivity contribution in [1.29, 1.82) is 0 Å². The number of benzene rings is 2. The van der Waals surface area contributed by atoms with Gasteiger partial charge in [-0.25, -0.2) is 0 Å². The van der Waals surface area contributed by atoms with E-state index in [-0.39, 0.29) is 5.91 Å². The van der Waals surface area contributed by atoms with Crippen molar-refractivity contribution in [3.8, 4) is 0 Å². The molecule has 1 atom stereocenters. The second-order valence-electron chi connectivity index (χ2n) is 6.62. The molecule has 2 aromatic rings. The molecule has 0 aliphatic heterocycles. The van der Waals surface area contributed by atoms with Crippen LogP contribution in [0.3, 0.4) is 0 Å². The van der Waals surface area contributed by atoms with Crippen molar-refractivity contribution in [3.05, 3.63) is 57.6 Å². The van der Waals surface area contributed by atoms with E-state index >= 15 is 0 Å². The standard InChI is InChI=1S/C20H25Cl2N3O/c1-5-25(12-15-7-9-16(10-8-15)24(3)4)13-18(26)23-20-17(21)11-6-14(2)19(20)22/h6-11H,5,12-13H2,1-4H3,(H,23,26)/p+1. The van der Waals surface area contributed by atoms with Gasteiger partial charge in [0.05, 0.1) is 22.3 Å². The van der Waals surface area contributed by atoms with Crippen LogP contribution in [0.2, 0.25) is 10.0 Å². The van der Waals surface area contributed by atoms with Gasteiger partial charge < -0.3 is 15.1 Å². The minimum atomic E-state index is -0.0961. The third-order valence-corrected chi connectivity index (χ3v) is 5.17. The van der Waals surface area contributed by atoms with Crippen LogP contribution in [0.5, 0.6) is 0 Å². The summed E-state index contributed by atoms with van der Waals surface area (Å²) in [7, 11) is 4.04. The topological polar surface area (TPSA) is 36.8 Å². The Morgan fingerprint density at radius 3 is 2.35 bits per heavy atom. The number of carbonyl (C=O) groups is 1. The second kappa shape index (κ2) is 9.26. The van der Waals surface area contributed by atoms with Gasteiger partial charge in [0, 0.05) is 25.3 Å². The fourth-order valence-corrected chi connectivity index (χ4v) is 3.16. The van der Waals surface area contributed by atoms with Crippen LogP contribution < -0.4 is 15.1 Å². The molecule has 0 radical (unpaired) electrons. The first-order valence-corrected chi connectivity index (χ1v) is 9.41. The van der Waals surface area contributed by atoms with Crippen LogP contribution in [-0.2, 0) is 11.3 Å². The summed E-state index contributed by atoms with van der Waals surface area (Å²) in [5, 5.41) is 3.80. The highest BCUT2D eigenvalue weighted by molar-refractivity contribution is 6.40. The van der Waals surface area contributed by atoms with E-state index in [0.717, 1.165) is 24.3 Å². The predicted octanol–water partition coefficient (Wildman–Crippen LogP) is 3.41. The Hall–Kier alpha value is -1.75. The van der Waals surface area contributed by atoms with E-state index < -0.39 is 0 Å². The molecule has 140 valence electrons. The Morgan fingerprint density at radius 1 is 1.12 bits per heavy atom. The minimum Gasteiger partial charge on any atom is -0.378 e. The first-order valence-electron chi connectivity index (χ1n) is 8.66. The molecule has 0 aliphatic carbocycles. The first-order chi connectivity index (χ1) is 12.3. The summed E-state index contributed by atoms with van der Waals surface area (Å²) in [5.74, 6) is -0.0961. The molecule has 0 spiro atoms. The third-order valence-electron chi connectivity index (χ3n) is 4.37. The number of amides is 1. The Kier molecular flexibility index (Phi) is 7.33. The molecule has 2 aromatic carbocycles. The van der Waals surface area contributed by atoms with Gasteiger partial charge in [-0.2, -0.15) is 0 Å². The average molecular weight is 395 g/mol. The molecule has 6 heteroatoms. The molecule has 26 heavy (non-hydrogen) atoms. The lowest BCUT2D eigenvalue weighted by molar-refractivity contribution is -0.903. The van der Waals surface area contributed by atoms with Crippen molar-refractivity contribution in [2.24, 2.45) is 0 Å². The number of hydrogen-bond acceptors (Lipinski definition) is 2. The molecular formula is C20H26Cl2N3O+. The van der Waals surface area contributed by atoms with E-state index in [1.54, 1.807) is 6.07 Å². The van der Waals surface area contributed by atoms with Crippen LogP contribution in [0.15, 0.2) is 36.4 Å². The van der Waals surface area contributed by atoms with Crippen LogP contribution in [0, 0.1) is 6.92 Å². The molecule has 0 fully saturated rings. The lowest BCUT2D eigenvalue weighted by Crippen LogP contribution is -3.11. The van der Waals surface area contributed by atoms with Gasteiger partial charge in [-0.1, -0.05) is 41.4 Å². The molecule has 2 N–H and O–H groups in total. The maximum Gasteiger partial charge on any atom is 0.279 e. The van der Waals surface area contributed by atoms with Crippen molar-refractivity contribution < 1.29 is 9.69 Å². The number of anilines is 2. The molecule has 0 saturated carbocycles. The molecule has 0 heterocycles. The van der Waals surface area contributed by atoms with Crippen LogP contribution in [-0.4, -0.2) is 33.1 Å². The van der Waals surface area contributed by atoms with Crippen LogP contribution >= 0.6 is 23.2 Å². The summed E-state index contributed by atoms with van der Waals surface area (Å²) in [6.07, 6.45) is 0. The van der Waals surface area contributed by atoms with Gasteiger partial charge in [-0.15, -0.1) is 0 Å². The summed E-state index contributed by atoms with van der Waals surface area (Å²) in [4.78, 5) is 15.7. The zero-order valence-electron chi connectivity index (χ0n) is 15.7. The summed E-state index contributed by atoms with van der Waals surface area (Å²) < 4.78 is 0. The van der Waals surface area contributed by atoms with Crippen molar-refractivity contribution in [2.75, 3.05) is 37.4 Å². The van der Waals surface area contributed by atoms with E-state index in [9.17, 15) is 4.79 Å². The molecule has 0 saturated heterocycles. The quantitative estimate of drug-likeness (QED) is 0.754. The maximum absolute atomic E-state index is 12.5. The number of halogens is 2. The fourth-order valence-electron chi connectivity index (χ4n) is 2.70. The number of nitrogens with one attached hydrogen (secondary N) is 2. The van der Waals surface area contributed by atoms with E-state index in [2.05, 4.69) is 41.4 Å². The molecule has 4 nitrogen and oxygen atoms in total. The van der Waals surface area contributed by atoms with E-state index in [4.69, 9.17) is 23.2 Å². The Balaban J connectivity index is 2.01. The SMILES string of the molecule is CC[NH+](CC(=O)Nc1c(Cl)ccc(C)c1Cl)Cc1ccc(N(C)C)cc1. The monoisotopic (exact) mass is 394 g/mol. The highest BCUT2D eigenvalue weighted by Gasteiger charge is 2.17. The smallest absolute Gasteiger partial charge is 0.279 e. The molecule has 0 aliphatic rings. The number of aryl methyl sites for hydroxylation is 1. The number of likely N-dealkylation sites (N-methyl/N-ethyl adjacent to an activating group) is 1. The highest BCUT2D eigenvalue weighted by atomic mass is 35.5. The fraction of sp³-hybridized carbons (Fsp3) is 0.350. The van der Waals surface area contributed by atoms with Gasteiger partial charge in [0.1, 0.15) is 6.54 Å². The zero-order valence-corrected chi connectivity index (χ0v) is 17.2. The first kappa shape index (κ1) is 20.6. The zero-order chi connectivity index (χ0) is 19.3. The molecular weight excluding hydrogens is 369 g/mol. The largest absolute Gasteiger partial charge is 0.378 e. The summed E-state index contributed by atoms with van der Waals surface area (Å²) in [5.41, 5.74) is 3.73. The Morgan fingerprint density at radius 2 is 1.77 bits per heavy atom. The second-order valence-corrected chi connectivity index (χ2v) is 7.40. The van der Waals surface area contributed by atoms with Crippen molar-refractivity contribution in [2.45, 2.75) is 20.4 Å². The van der Waals surface area contributed by atoms with Gasteiger partial charge in [0.25, 0.3) is 5.91 Å². The van der Waals surface area contributed by atoms with Crippen molar-refractivity contribution in [1.82, 2.24) is 0 Å². The highest BCUT2D eigenvalue weighted by Crippen LogP contribution is 2.32. The molecule has 1 amide bonds. The van der Waals surface area contributed by atoms with Gasteiger partial charge in [0.2, 0.25) is 0 Å². The Labute approximate surface area is 165 Å². The Bertz CT molecular complexity index is 760. The maximum atomic E-state index is 12.5. The van der Waals surface area contributed by atoms with Gasteiger partial charge in [-0.05, 0) is 37.6 Å². The van der Waals surface area contributed by atoms with Crippen LogP contribution in [0.4, 0.5) is 11.4 Å². The predicted molar refractivity (Wildman–Crippen MR) is 111 cm³/mol. The number of nitrogens with zero attached hydrogens (tertiary/aromatic N) is 1. The molecule has 0 aromatic heterocycles. The normalized spacial score (nSPS) is 11.9. The summed E-state index contributed by atoms with van der Waals surface area (Å²) in [6.45, 7) is 5.94. The minimum absolute atomic E-state index is 0.0961. The number of rotatable bonds is 7.